The molecule has 1 N–H and O–H groups in total. The molecule has 0 aliphatic rings. The second-order valence-corrected chi connectivity index (χ2v) is 7.06. The zero-order valence-electron chi connectivity index (χ0n) is 16.6. The molecule has 1 heterocycles. The summed E-state index contributed by atoms with van der Waals surface area (Å²) in [4.78, 5) is 14.4. The Balaban J connectivity index is 1.51. The molecule has 146 valence electrons. The van der Waals surface area contributed by atoms with Crippen molar-refractivity contribution in [1.82, 2.24) is 20.4 Å². The van der Waals surface area contributed by atoms with Gasteiger partial charge in [-0.1, -0.05) is 48.0 Å². The minimum Gasteiger partial charge on any atom is -0.421 e. The Hall–Kier alpha value is -2.99. The van der Waals surface area contributed by atoms with E-state index in [4.69, 9.17) is 4.42 Å². The average Bonchev–Trinajstić information content (AvgIpc) is 3.17. The van der Waals surface area contributed by atoms with Crippen LogP contribution < -0.4 is 5.32 Å². The SMILES string of the molecule is Cc1ccc(-c2nnc(CCC(=O)NC[C@H](c3ccccc3)N(C)C)o2)cc1. The van der Waals surface area contributed by atoms with Crippen LogP contribution in [0.2, 0.25) is 0 Å². The van der Waals surface area contributed by atoms with Gasteiger partial charge >= 0.3 is 0 Å². The van der Waals surface area contributed by atoms with Crippen molar-refractivity contribution in [2.45, 2.75) is 25.8 Å². The van der Waals surface area contributed by atoms with Crippen LogP contribution in [-0.2, 0) is 11.2 Å². The maximum absolute atomic E-state index is 12.3. The molecular weight excluding hydrogens is 352 g/mol. The molecule has 0 spiro atoms. The number of carbonyl (C=O) groups is 1. The Morgan fingerprint density at radius 3 is 2.46 bits per heavy atom. The number of amides is 1. The smallest absolute Gasteiger partial charge is 0.247 e. The zero-order chi connectivity index (χ0) is 19.9. The first-order chi connectivity index (χ1) is 13.5. The van der Waals surface area contributed by atoms with Gasteiger partial charge in [-0.05, 0) is 38.7 Å². The van der Waals surface area contributed by atoms with Crippen molar-refractivity contribution in [2.75, 3.05) is 20.6 Å². The molecule has 0 aliphatic heterocycles. The Morgan fingerprint density at radius 2 is 1.79 bits per heavy atom. The van der Waals surface area contributed by atoms with Crippen molar-refractivity contribution >= 4 is 5.91 Å². The predicted molar refractivity (Wildman–Crippen MR) is 109 cm³/mol. The van der Waals surface area contributed by atoms with Crippen molar-refractivity contribution in [3.05, 3.63) is 71.6 Å². The maximum atomic E-state index is 12.3. The minimum atomic E-state index is -0.0298. The van der Waals surface area contributed by atoms with Crippen LogP contribution in [0.15, 0.2) is 59.0 Å². The van der Waals surface area contributed by atoms with E-state index in [0.29, 0.717) is 31.2 Å². The summed E-state index contributed by atoms with van der Waals surface area (Å²) < 4.78 is 5.68. The van der Waals surface area contributed by atoms with Crippen LogP contribution in [0.3, 0.4) is 0 Å². The molecule has 0 bridgehead atoms. The summed E-state index contributed by atoms with van der Waals surface area (Å²) in [5.41, 5.74) is 3.23. The van der Waals surface area contributed by atoms with E-state index in [1.165, 1.54) is 11.1 Å². The Kier molecular flexibility index (Phi) is 6.55. The molecule has 1 aromatic heterocycles. The largest absolute Gasteiger partial charge is 0.421 e. The van der Waals surface area contributed by atoms with Crippen molar-refractivity contribution in [3.8, 4) is 11.5 Å². The summed E-state index contributed by atoms with van der Waals surface area (Å²) in [5, 5.41) is 11.1. The van der Waals surface area contributed by atoms with Gasteiger partial charge in [-0.2, -0.15) is 0 Å². The Bertz CT molecular complexity index is 888. The van der Waals surface area contributed by atoms with Crippen LogP contribution in [0.1, 0.15) is 29.5 Å². The van der Waals surface area contributed by atoms with Crippen LogP contribution >= 0.6 is 0 Å². The minimum absolute atomic E-state index is 0.0298. The van der Waals surface area contributed by atoms with Gasteiger partial charge < -0.3 is 14.6 Å². The molecule has 28 heavy (non-hydrogen) atoms. The van der Waals surface area contributed by atoms with Crippen molar-refractivity contribution in [3.63, 3.8) is 0 Å². The van der Waals surface area contributed by atoms with E-state index in [2.05, 4.69) is 32.5 Å². The maximum Gasteiger partial charge on any atom is 0.247 e. The van der Waals surface area contributed by atoms with Gasteiger partial charge in [-0.25, -0.2) is 0 Å². The van der Waals surface area contributed by atoms with Crippen molar-refractivity contribution in [2.24, 2.45) is 0 Å². The van der Waals surface area contributed by atoms with Gasteiger partial charge in [0.15, 0.2) is 0 Å². The predicted octanol–water partition coefficient (Wildman–Crippen LogP) is 3.40. The molecule has 0 saturated heterocycles. The van der Waals surface area contributed by atoms with Gasteiger partial charge in [0.05, 0.1) is 6.04 Å². The third kappa shape index (κ3) is 5.27. The monoisotopic (exact) mass is 378 g/mol. The molecule has 3 rings (SSSR count). The number of rotatable bonds is 8. The topological polar surface area (TPSA) is 71.3 Å². The summed E-state index contributed by atoms with van der Waals surface area (Å²) in [7, 11) is 4.02. The highest BCUT2D eigenvalue weighted by atomic mass is 16.4. The molecule has 6 heteroatoms. The average molecular weight is 378 g/mol. The molecule has 0 aliphatic carbocycles. The first kappa shape index (κ1) is 19.8. The lowest BCUT2D eigenvalue weighted by atomic mass is 10.1. The molecule has 1 atom stereocenters. The molecule has 0 radical (unpaired) electrons. The number of benzene rings is 2. The molecule has 3 aromatic rings. The van der Waals surface area contributed by atoms with Gasteiger partial charge in [-0.15, -0.1) is 10.2 Å². The lowest BCUT2D eigenvalue weighted by Gasteiger charge is -2.25. The quantitative estimate of drug-likeness (QED) is 0.650. The second kappa shape index (κ2) is 9.28. The lowest BCUT2D eigenvalue weighted by Crippen LogP contribution is -2.34. The summed E-state index contributed by atoms with van der Waals surface area (Å²) >= 11 is 0. The molecule has 0 fully saturated rings. The van der Waals surface area contributed by atoms with E-state index >= 15 is 0 Å². The summed E-state index contributed by atoms with van der Waals surface area (Å²) in [6.07, 6.45) is 0.729. The number of hydrogen-bond donors (Lipinski definition) is 1. The number of nitrogens with zero attached hydrogens (tertiary/aromatic N) is 3. The Labute approximate surface area is 165 Å². The highest BCUT2D eigenvalue weighted by Crippen LogP contribution is 2.19. The number of likely N-dealkylation sites (N-methyl/N-ethyl adjacent to an activating group) is 1. The fourth-order valence-corrected chi connectivity index (χ4v) is 2.96. The van der Waals surface area contributed by atoms with Gasteiger partial charge in [0.1, 0.15) is 0 Å². The normalized spacial score (nSPS) is 12.1. The molecular formula is C22H26N4O2. The first-order valence-electron chi connectivity index (χ1n) is 9.40. The van der Waals surface area contributed by atoms with E-state index in [9.17, 15) is 4.79 Å². The number of aryl methyl sites for hydroxylation is 2. The van der Waals surface area contributed by atoms with Crippen LogP contribution in [-0.4, -0.2) is 41.6 Å². The summed E-state index contributed by atoms with van der Waals surface area (Å²) in [5.74, 6) is 0.919. The number of hydrogen-bond acceptors (Lipinski definition) is 5. The standard InChI is InChI=1S/C22H26N4O2/c1-16-9-11-18(12-10-16)22-25-24-21(28-22)14-13-20(27)23-15-19(26(2)3)17-7-5-4-6-8-17/h4-12,19H,13-15H2,1-3H3,(H,23,27)/t19-/m1/s1. The number of aromatic nitrogens is 2. The van der Waals surface area contributed by atoms with Gasteiger partial charge in [0, 0.05) is 24.9 Å². The molecule has 6 nitrogen and oxygen atoms in total. The van der Waals surface area contributed by atoms with Gasteiger partial charge in [-0.3, -0.25) is 4.79 Å². The van der Waals surface area contributed by atoms with Crippen LogP contribution in [0, 0.1) is 6.92 Å². The van der Waals surface area contributed by atoms with Crippen molar-refractivity contribution < 1.29 is 9.21 Å². The fourth-order valence-electron chi connectivity index (χ4n) is 2.96. The lowest BCUT2D eigenvalue weighted by molar-refractivity contribution is -0.121. The number of nitrogens with one attached hydrogen (secondary N) is 1. The first-order valence-corrected chi connectivity index (χ1v) is 9.40. The zero-order valence-corrected chi connectivity index (χ0v) is 16.6. The summed E-state index contributed by atoms with van der Waals surface area (Å²) in [6, 6.07) is 18.2. The van der Waals surface area contributed by atoms with Crippen molar-refractivity contribution in [1.29, 1.82) is 0 Å². The third-order valence-electron chi connectivity index (χ3n) is 4.63. The van der Waals surface area contributed by atoms with E-state index in [0.717, 1.165) is 5.56 Å². The Morgan fingerprint density at radius 1 is 1.07 bits per heavy atom. The molecule has 0 saturated carbocycles. The number of carbonyl (C=O) groups excluding carboxylic acids is 1. The van der Waals surface area contributed by atoms with E-state index in [-0.39, 0.29) is 11.9 Å². The van der Waals surface area contributed by atoms with Gasteiger partial charge in [0.25, 0.3) is 0 Å². The van der Waals surface area contributed by atoms with Crippen LogP contribution in [0.25, 0.3) is 11.5 Å². The molecule has 0 unspecified atom stereocenters. The van der Waals surface area contributed by atoms with E-state index in [1.54, 1.807) is 0 Å². The van der Waals surface area contributed by atoms with Gasteiger partial charge in [0.2, 0.25) is 17.7 Å². The third-order valence-corrected chi connectivity index (χ3v) is 4.63. The molecule has 1 amide bonds. The summed E-state index contributed by atoms with van der Waals surface area (Å²) in [6.45, 7) is 2.58. The molecule has 2 aromatic carbocycles. The fraction of sp³-hybridized carbons (Fsp3) is 0.318. The highest BCUT2D eigenvalue weighted by Gasteiger charge is 2.16. The second-order valence-electron chi connectivity index (χ2n) is 7.06. The van der Waals surface area contributed by atoms with Crippen LogP contribution in [0.5, 0.6) is 0 Å². The van der Waals surface area contributed by atoms with E-state index < -0.39 is 0 Å². The highest BCUT2D eigenvalue weighted by molar-refractivity contribution is 5.76. The van der Waals surface area contributed by atoms with Crippen LogP contribution in [0.4, 0.5) is 0 Å². The van der Waals surface area contributed by atoms with E-state index in [1.807, 2.05) is 63.5 Å².